The highest BCUT2D eigenvalue weighted by Crippen LogP contribution is 2.65. The summed E-state index contributed by atoms with van der Waals surface area (Å²) >= 11 is 0. The molecule has 0 radical (unpaired) electrons. The number of carbonyl (C=O) groups excluding carboxylic acids is 2. The Balaban J connectivity index is 1.36. The van der Waals surface area contributed by atoms with E-state index in [9.17, 15) is 30.0 Å². The third kappa shape index (κ3) is 6.31. The maximum absolute atomic E-state index is 12.9. The number of ether oxygens (including phenoxy) is 2. The topological polar surface area (TPSA) is 134 Å². The Bertz CT molecular complexity index is 1170. The normalized spacial score (nSPS) is 36.2. The summed E-state index contributed by atoms with van der Waals surface area (Å²) in [5.41, 5.74) is 0.227. The number of hydrogen-bond donors (Lipinski definition) is 4. The van der Waals surface area contributed by atoms with Crippen LogP contribution in [0.3, 0.4) is 0 Å². The average molecular weight is 623 g/mol. The molecular weight excluding hydrogens is 572 g/mol. The van der Waals surface area contributed by atoms with Crippen LogP contribution in [0.2, 0.25) is 0 Å². The first-order valence-electron chi connectivity index (χ1n) is 16.6. The second-order valence-electron chi connectivity index (χ2n) is 14.2. The van der Waals surface area contributed by atoms with Crippen LogP contribution in [-0.4, -0.2) is 72.0 Å². The Morgan fingerprint density at radius 2 is 1.00 bits per heavy atom. The predicted molar refractivity (Wildman–Crippen MR) is 169 cm³/mol. The van der Waals surface area contributed by atoms with Gasteiger partial charge in [0, 0.05) is 38.3 Å². The van der Waals surface area contributed by atoms with Gasteiger partial charge in [0.1, 0.15) is 0 Å². The van der Waals surface area contributed by atoms with Gasteiger partial charge in [-0.15, -0.1) is 0 Å². The van der Waals surface area contributed by atoms with E-state index < -0.39 is 11.9 Å². The van der Waals surface area contributed by atoms with E-state index in [1.165, 1.54) is 0 Å². The molecule has 3 aliphatic carbocycles. The molecule has 8 nitrogen and oxygen atoms in total. The van der Waals surface area contributed by atoms with Crippen molar-refractivity contribution in [1.82, 2.24) is 0 Å². The average Bonchev–Trinajstić information content (AvgIpc) is 3.76. The first-order chi connectivity index (χ1) is 21.7. The molecule has 0 aliphatic heterocycles. The summed E-state index contributed by atoms with van der Waals surface area (Å²) in [4.78, 5) is 25.8. The smallest absolute Gasteiger partial charge is 0.338 e. The fourth-order valence-electron chi connectivity index (χ4n) is 9.80. The lowest BCUT2D eigenvalue weighted by molar-refractivity contribution is -0.0316. The molecule has 2 aromatic carbocycles. The fourth-order valence-corrected chi connectivity index (χ4v) is 9.80. The maximum atomic E-state index is 12.9. The van der Waals surface area contributed by atoms with Crippen LogP contribution in [0.5, 0.6) is 0 Å². The van der Waals surface area contributed by atoms with Crippen molar-refractivity contribution in [1.29, 1.82) is 0 Å². The minimum atomic E-state index is -0.390. The standard InChI is InChI=1S/C37H50O8/c1-36(30(20-40)15-26(18-38)32(36)22-44-34(42)24-9-5-3-6-10-24)28-13-14-29(17-28)37(2)31(21-41)16-27(19-39)33(37)23-45-35(43)25-11-7-4-8-12-25/h3-12,26-33,38-41H,13-23H2,1-2H3/t26-,27+,28?,29?,30+,31-,32+,33-,36+,37-. The van der Waals surface area contributed by atoms with Gasteiger partial charge < -0.3 is 29.9 Å². The number of rotatable bonds is 12. The van der Waals surface area contributed by atoms with Gasteiger partial charge in [-0.1, -0.05) is 50.2 Å². The molecule has 8 heteroatoms. The molecule has 4 N–H and O–H groups in total. The van der Waals surface area contributed by atoms with Crippen molar-refractivity contribution in [3.05, 3.63) is 71.8 Å². The number of aliphatic hydroxyl groups is 4. The van der Waals surface area contributed by atoms with Gasteiger partial charge in [-0.25, -0.2) is 9.59 Å². The molecule has 2 aromatic rings. The molecule has 3 fully saturated rings. The lowest BCUT2D eigenvalue weighted by Gasteiger charge is -2.45. The summed E-state index contributed by atoms with van der Waals surface area (Å²) in [5, 5.41) is 42.0. The van der Waals surface area contributed by atoms with Crippen LogP contribution in [0.4, 0.5) is 0 Å². The Hall–Kier alpha value is -2.78. The molecule has 3 saturated carbocycles. The van der Waals surface area contributed by atoms with E-state index in [0.29, 0.717) is 24.0 Å². The van der Waals surface area contributed by atoms with Crippen molar-refractivity contribution in [3.63, 3.8) is 0 Å². The monoisotopic (exact) mass is 622 g/mol. The van der Waals surface area contributed by atoms with E-state index in [1.807, 2.05) is 12.1 Å². The van der Waals surface area contributed by atoms with Crippen molar-refractivity contribution >= 4 is 11.9 Å². The third-order valence-corrected chi connectivity index (χ3v) is 12.6. The largest absolute Gasteiger partial charge is 0.462 e. The quantitative estimate of drug-likeness (QED) is 0.253. The van der Waals surface area contributed by atoms with Crippen molar-refractivity contribution in [3.8, 4) is 0 Å². The second-order valence-corrected chi connectivity index (χ2v) is 14.2. The Labute approximate surface area is 266 Å². The van der Waals surface area contributed by atoms with Gasteiger partial charge in [0.25, 0.3) is 0 Å². The van der Waals surface area contributed by atoms with Crippen LogP contribution < -0.4 is 0 Å². The lowest BCUT2D eigenvalue weighted by Crippen LogP contribution is -2.43. The van der Waals surface area contributed by atoms with Crippen molar-refractivity contribution in [2.24, 2.45) is 58.2 Å². The van der Waals surface area contributed by atoms with Crippen LogP contribution in [0.1, 0.15) is 66.7 Å². The van der Waals surface area contributed by atoms with Gasteiger partial charge in [0.2, 0.25) is 0 Å². The number of hydrogen-bond acceptors (Lipinski definition) is 8. The van der Waals surface area contributed by atoms with Crippen molar-refractivity contribution in [2.75, 3.05) is 39.6 Å². The molecule has 5 rings (SSSR count). The molecule has 0 spiro atoms. The number of esters is 2. The first-order valence-corrected chi connectivity index (χ1v) is 16.6. The maximum Gasteiger partial charge on any atom is 0.338 e. The second kappa shape index (κ2) is 14.3. The summed E-state index contributed by atoms with van der Waals surface area (Å²) in [7, 11) is 0. The molecule has 0 amide bonds. The van der Waals surface area contributed by atoms with E-state index in [-0.39, 0.29) is 97.8 Å². The van der Waals surface area contributed by atoms with Gasteiger partial charge >= 0.3 is 11.9 Å². The summed E-state index contributed by atoms with van der Waals surface area (Å²) in [6.45, 7) is 4.68. The minimum absolute atomic E-state index is 0.00151. The van der Waals surface area contributed by atoms with E-state index in [2.05, 4.69) is 13.8 Å². The van der Waals surface area contributed by atoms with Crippen molar-refractivity contribution < 1.29 is 39.5 Å². The lowest BCUT2D eigenvalue weighted by atomic mass is 9.60. The van der Waals surface area contributed by atoms with E-state index in [4.69, 9.17) is 9.47 Å². The predicted octanol–water partition coefficient (Wildman–Crippen LogP) is 4.60. The van der Waals surface area contributed by atoms with E-state index in [1.54, 1.807) is 48.5 Å². The molecule has 0 aromatic heterocycles. The van der Waals surface area contributed by atoms with E-state index in [0.717, 1.165) is 19.3 Å². The van der Waals surface area contributed by atoms with Crippen LogP contribution in [-0.2, 0) is 9.47 Å². The molecule has 10 atom stereocenters. The molecular formula is C37H50O8. The first kappa shape index (κ1) is 33.6. The molecule has 0 bridgehead atoms. The molecule has 0 saturated heterocycles. The molecule has 45 heavy (non-hydrogen) atoms. The minimum Gasteiger partial charge on any atom is -0.462 e. The van der Waals surface area contributed by atoms with Gasteiger partial charge in [-0.3, -0.25) is 0 Å². The number of carbonyl (C=O) groups is 2. The fraction of sp³-hybridized carbons (Fsp3) is 0.622. The highest BCUT2D eigenvalue weighted by molar-refractivity contribution is 5.89. The van der Waals surface area contributed by atoms with Gasteiger partial charge in [-0.2, -0.15) is 0 Å². The Morgan fingerprint density at radius 3 is 1.33 bits per heavy atom. The zero-order chi connectivity index (χ0) is 32.2. The van der Waals surface area contributed by atoms with Crippen molar-refractivity contribution in [2.45, 2.75) is 46.0 Å². The van der Waals surface area contributed by atoms with Crippen LogP contribution in [0, 0.1) is 58.2 Å². The van der Waals surface area contributed by atoms with Crippen LogP contribution in [0.25, 0.3) is 0 Å². The molecule has 246 valence electrons. The highest BCUT2D eigenvalue weighted by Gasteiger charge is 2.61. The summed E-state index contributed by atoms with van der Waals surface area (Å²) in [5.74, 6) is -0.882. The Morgan fingerprint density at radius 1 is 0.622 bits per heavy atom. The van der Waals surface area contributed by atoms with Crippen LogP contribution in [0.15, 0.2) is 60.7 Å². The molecule has 0 heterocycles. The molecule has 3 aliphatic rings. The van der Waals surface area contributed by atoms with Crippen LogP contribution >= 0.6 is 0 Å². The van der Waals surface area contributed by atoms with Gasteiger partial charge in [0.15, 0.2) is 0 Å². The number of aliphatic hydroxyl groups excluding tert-OH is 4. The molecule has 2 unspecified atom stereocenters. The van der Waals surface area contributed by atoms with Gasteiger partial charge in [0.05, 0.1) is 24.3 Å². The summed E-state index contributed by atoms with van der Waals surface area (Å²) in [6.07, 6.45) is 4.00. The SMILES string of the molecule is C[C@]1(C2CCC([C@]3(C)[C@@H](CO)C[C@@H](CO)[C@H]3COC(=O)c3ccccc3)C2)[C@H](CO)C[C@H](CO)[C@@H]1COC(=O)c1ccccc1. The van der Waals surface area contributed by atoms with Gasteiger partial charge in [-0.05, 0) is 103 Å². The summed E-state index contributed by atoms with van der Waals surface area (Å²) < 4.78 is 11.7. The zero-order valence-electron chi connectivity index (χ0n) is 26.6. The summed E-state index contributed by atoms with van der Waals surface area (Å²) in [6, 6.07) is 17.8. The Kier molecular flexibility index (Phi) is 10.7. The van der Waals surface area contributed by atoms with E-state index >= 15 is 0 Å². The number of benzene rings is 2. The zero-order valence-corrected chi connectivity index (χ0v) is 26.6. The third-order valence-electron chi connectivity index (χ3n) is 12.6. The highest BCUT2D eigenvalue weighted by atomic mass is 16.5.